The lowest BCUT2D eigenvalue weighted by Gasteiger charge is -2.30. The number of amides is 1. The summed E-state index contributed by atoms with van der Waals surface area (Å²) in [6.45, 7) is 3.01. The minimum absolute atomic E-state index is 0.00642. The number of hydrogen-bond acceptors (Lipinski definition) is 7. The van der Waals surface area contributed by atoms with Gasteiger partial charge in [-0.25, -0.2) is 0 Å². The minimum atomic E-state index is 0.00642. The summed E-state index contributed by atoms with van der Waals surface area (Å²) in [5.74, 6) is 0.00642. The van der Waals surface area contributed by atoms with Crippen molar-refractivity contribution in [3.05, 3.63) is 12.3 Å². The average molecular weight is 265 g/mol. The van der Waals surface area contributed by atoms with Gasteiger partial charge in [-0.2, -0.15) is 0 Å². The maximum atomic E-state index is 11.5. The summed E-state index contributed by atoms with van der Waals surface area (Å²) in [6, 6.07) is 1.85. The van der Waals surface area contributed by atoms with Gasteiger partial charge in [0.2, 0.25) is 11.0 Å². The highest BCUT2D eigenvalue weighted by Crippen LogP contribution is 2.27. The Balaban J connectivity index is 1.83. The van der Waals surface area contributed by atoms with Crippen molar-refractivity contribution < 1.29 is 9.32 Å². The molecule has 3 rings (SSSR count). The number of piperazine rings is 1. The lowest BCUT2D eigenvalue weighted by atomic mass is 10.2. The normalized spacial score (nSPS) is 19.9. The van der Waals surface area contributed by atoms with Crippen molar-refractivity contribution in [2.45, 2.75) is 13.0 Å². The number of rotatable bonds is 2. The van der Waals surface area contributed by atoms with Gasteiger partial charge >= 0.3 is 0 Å². The van der Waals surface area contributed by atoms with E-state index in [0.717, 1.165) is 11.7 Å². The van der Waals surface area contributed by atoms with Gasteiger partial charge in [-0.15, -0.1) is 10.2 Å². The molecule has 1 unspecified atom stereocenters. The fourth-order valence-electron chi connectivity index (χ4n) is 1.85. The minimum Gasteiger partial charge on any atom is -0.364 e. The Labute approximate surface area is 107 Å². The lowest BCUT2D eigenvalue weighted by Crippen LogP contribution is -2.53. The smallest absolute Gasteiger partial charge is 0.239 e. The van der Waals surface area contributed by atoms with Crippen LogP contribution in [0.25, 0.3) is 10.7 Å². The summed E-state index contributed by atoms with van der Waals surface area (Å²) >= 11 is 1.40. The Kier molecular flexibility index (Phi) is 2.71. The molecular weight excluding hydrogens is 254 g/mol. The van der Waals surface area contributed by atoms with Crippen LogP contribution in [0.5, 0.6) is 0 Å². The highest BCUT2D eigenvalue weighted by molar-refractivity contribution is 7.18. The highest BCUT2D eigenvalue weighted by Gasteiger charge is 2.24. The standard InChI is InChI=1S/C10H11N5O2S/c1-6-4-15(5-8(16)11-6)10-13-12-9(18-10)7-2-3-17-14-7/h2-3,6H,4-5H2,1H3,(H,11,16). The first-order valence-corrected chi connectivity index (χ1v) is 6.32. The van der Waals surface area contributed by atoms with Gasteiger partial charge in [0.05, 0.1) is 6.54 Å². The van der Waals surface area contributed by atoms with Crippen LogP contribution in [0.2, 0.25) is 0 Å². The molecule has 0 aliphatic carbocycles. The van der Waals surface area contributed by atoms with Crippen LogP contribution in [0.1, 0.15) is 6.92 Å². The molecule has 7 nitrogen and oxygen atoms in total. The molecule has 1 atom stereocenters. The van der Waals surface area contributed by atoms with Gasteiger partial charge in [-0.3, -0.25) is 4.79 Å². The molecule has 1 saturated heterocycles. The van der Waals surface area contributed by atoms with Gasteiger partial charge in [0.25, 0.3) is 0 Å². The van der Waals surface area contributed by atoms with Crippen LogP contribution in [0, 0.1) is 0 Å². The van der Waals surface area contributed by atoms with Crippen LogP contribution < -0.4 is 10.2 Å². The molecule has 0 bridgehead atoms. The molecule has 0 saturated carbocycles. The molecule has 1 amide bonds. The summed E-state index contributed by atoms with van der Waals surface area (Å²) in [6.07, 6.45) is 1.49. The fourth-order valence-corrected chi connectivity index (χ4v) is 2.66. The SMILES string of the molecule is CC1CN(c2nnc(-c3ccon3)s2)CC(=O)N1. The molecule has 2 aromatic heterocycles. The van der Waals surface area contributed by atoms with Crippen molar-refractivity contribution in [2.24, 2.45) is 0 Å². The monoisotopic (exact) mass is 265 g/mol. The Morgan fingerprint density at radius 3 is 3.17 bits per heavy atom. The molecule has 0 radical (unpaired) electrons. The molecule has 1 aliphatic rings. The van der Waals surface area contributed by atoms with Crippen LogP contribution in [-0.2, 0) is 4.79 Å². The predicted octanol–water partition coefficient (Wildman–Crippen LogP) is 0.518. The van der Waals surface area contributed by atoms with Gasteiger partial charge in [0.1, 0.15) is 12.0 Å². The van der Waals surface area contributed by atoms with Crippen LogP contribution in [0.3, 0.4) is 0 Å². The molecule has 1 N–H and O–H groups in total. The summed E-state index contributed by atoms with van der Waals surface area (Å²) in [5.41, 5.74) is 0.660. The van der Waals surface area contributed by atoms with Crippen molar-refractivity contribution in [1.29, 1.82) is 0 Å². The Morgan fingerprint density at radius 1 is 1.56 bits per heavy atom. The Hall–Kier alpha value is -1.96. The average Bonchev–Trinajstić information content (AvgIpc) is 2.99. The van der Waals surface area contributed by atoms with E-state index in [1.54, 1.807) is 6.07 Å². The zero-order chi connectivity index (χ0) is 12.5. The van der Waals surface area contributed by atoms with Gasteiger partial charge in [0, 0.05) is 18.7 Å². The van der Waals surface area contributed by atoms with E-state index < -0.39 is 0 Å². The van der Waals surface area contributed by atoms with Gasteiger partial charge in [0.15, 0.2) is 5.01 Å². The van der Waals surface area contributed by atoms with Gasteiger partial charge < -0.3 is 14.7 Å². The number of carbonyl (C=O) groups excluding carboxylic acids is 1. The molecule has 1 fully saturated rings. The first-order valence-electron chi connectivity index (χ1n) is 5.51. The lowest BCUT2D eigenvalue weighted by molar-refractivity contribution is -0.121. The van der Waals surface area contributed by atoms with E-state index in [9.17, 15) is 4.79 Å². The zero-order valence-corrected chi connectivity index (χ0v) is 10.5. The first kappa shape index (κ1) is 11.1. The summed E-state index contributed by atoms with van der Waals surface area (Å²) in [4.78, 5) is 13.4. The second-order valence-corrected chi connectivity index (χ2v) is 5.08. The van der Waals surface area contributed by atoms with Crippen LogP contribution >= 0.6 is 11.3 Å². The molecule has 2 aromatic rings. The third kappa shape index (κ3) is 2.06. The van der Waals surface area contributed by atoms with E-state index in [-0.39, 0.29) is 11.9 Å². The molecule has 0 spiro atoms. The van der Waals surface area contributed by atoms with E-state index in [1.165, 1.54) is 17.6 Å². The number of hydrogen-bond donors (Lipinski definition) is 1. The molecule has 18 heavy (non-hydrogen) atoms. The quantitative estimate of drug-likeness (QED) is 0.852. The van der Waals surface area contributed by atoms with E-state index in [2.05, 4.69) is 20.7 Å². The highest BCUT2D eigenvalue weighted by atomic mass is 32.1. The van der Waals surface area contributed by atoms with Crippen LogP contribution in [0.4, 0.5) is 5.13 Å². The largest absolute Gasteiger partial charge is 0.364 e. The van der Waals surface area contributed by atoms with Gasteiger partial charge in [-0.05, 0) is 6.92 Å². The molecule has 0 aromatic carbocycles. The van der Waals surface area contributed by atoms with Gasteiger partial charge in [-0.1, -0.05) is 16.5 Å². The fraction of sp³-hybridized carbons (Fsp3) is 0.400. The van der Waals surface area contributed by atoms with Crippen molar-refractivity contribution in [2.75, 3.05) is 18.0 Å². The second-order valence-electron chi connectivity index (χ2n) is 4.12. The van der Waals surface area contributed by atoms with E-state index >= 15 is 0 Å². The predicted molar refractivity (Wildman–Crippen MR) is 65.2 cm³/mol. The van der Waals surface area contributed by atoms with E-state index in [0.29, 0.717) is 17.2 Å². The molecular formula is C10H11N5O2S. The molecule has 1 aliphatic heterocycles. The number of aromatic nitrogens is 3. The Morgan fingerprint density at radius 2 is 2.44 bits per heavy atom. The number of carbonyl (C=O) groups is 1. The maximum Gasteiger partial charge on any atom is 0.239 e. The third-order valence-corrected chi connectivity index (χ3v) is 3.58. The van der Waals surface area contributed by atoms with Crippen molar-refractivity contribution in [1.82, 2.24) is 20.7 Å². The topological polar surface area (TPSA) is 84.2 Å². The summed E-state index contributed by atoms with van der Waals surface area (Å²) < 4.78 is 4.77. The second kappa shape index (κ2) is 4.37. The third-order valence-electron chi connectivity index (χ3n) is 2.58. The van der Waals surface area contributed by atoms with E-state index in [4.69, 9.17) is 4.52 Å². The zero-order valence-electron chi connectivity index (χ0n) is 9.66. The van der Waals surface area contributed by atoms with E-state index in [1.807, 2.05) is 11.8 Å². The van der Waals surface area contributed by atoms with Crippen LogP contribution in [-0.4, -0.2) is 40.4 Å². The number of nitrogens with zero attached hydrogens (tertiary/aromatic N) is 4. The summed E-state index contributed by atoms with van der Waals surface area (Å²) in [7, 11) is 0. The summed E-state index contributed by atoms with van der Waals surface area (Å²) in [5, 5.41) is 16.2. The number of nitrogens with one attached hydrogen (secondary N) is 1. The Bertz CT molecular complexity index is 552. The van der Waals surface area contributed by atoms with Crippen LogP contribution in [0.15, 0.2) is 16.9 Å². The molecule has 3 heterocycles. The number of anilines is 1. The first-order chi connectivity index (χ1) is 8.72. The molecule has 8 heteroatoms. The maximum absolute atomic E-state index is 11.5. The van der Waals surface area contributed by atoms with Crippen molar-refractivity contribution in [3.8, 4) is 10.7 Å². The molecule has 94 valence electrons. The van der Waals surface area contributed by atoms with Crippen molar-refractivity contribution >= 4 is 22.4 Å². The van der Waals surface area contributed by atoms with Crippen molar-refractivity contribution in [3.63, 3.8) is 0 Å².